The molecule has 0 amide bonds. The number of carbonyl (C=O) groups is 3. The van der Waals surface area contributed by atoms with Crippen LogP contribution in [0.5, 0.6) is 0 Å². The Morgan fingerprint density at radius 3 is 1.93 bits per heavy atom. The number of carboxylic acid groups (broad SMARTS) is 1. The zero-order chi connectivity index (χ0) is 33.6. The van der Waals surface area contributed by atoms with Gasteiger partial charge in [-0.2, -0.15) is 0 Å². The molecule has 258 valence electrons. The highest BCUT2D eigenvalue weighted by Gasteiger charge is 2.31. The van der Waals surface area contributed by atoms with Gasteiger partial charge in [-0.05, 0) is 57.8 Å². The fraction of sp³-hybridized carbons (Fsp3) is 0.703. The topological polar surface area (TPSA) is 99.1 Å². The molecule has 0 heterocycles. The fourth-order valence-electron chi connectivity index (χ4n) is 4.53. The van der Waals surface area contributed by atoms with E-state index in [9.17, 15) is 19.5 Å². The number of ether oxygens (including phenoxy) is 3. The van der Waals surface area contributed by atoms with E-state index in [-0.39, 0.29) is 42.7 Å². The summed E-state index contributed by atoms with van der Waals surface area (Å²) in [5.74, 6) is -1.58. The number of aliphatic carboxylic acids is 1. The maximum Gasteiger partial charge on any atom is 0.362 e. The minimum absolute atomic E-state index is 0.0385. The Hall–Kier alpha value is -2.71. The molecule has 8 nitrogen and oxygen atoms in total. The lowest BCUT2D eigenvalue weighted by molar-refractivity contribution is -0.887. The summed E-state index contributed by atoms with van der Waals surface area (Å²) in [5.41, 5.74) is 0. The summed E-state index contributed by atoms with van der Waals surface area (Å²) in [7, 11) is 5.48. The second kappa shape index (κ2) is 28.7. The number of unbranched alkanes of at least 4 members (excludes halogenated alkanes) is 7. The number of rotatable bonds is 29. The Morgan fingerprint density at radius 2 is 1.29 bits per heavy atom. The molecule has 0 aliphatic carbocycles. The summed E-state index contributed by atoms with van der Waals surface area (Å²) in [5, 5.41) is 9.54. The van der Waals surface area contributed by atoms with Crippen molar-refractivity contribution in [3.63, 3.8) is 0 Å². The van der Waals surface area contributed by atoms with Crippen molar-refractivity contribution in [2.45, 2.75) is 129 Å². The van der Waals surface area contributed by atoms with Gasteiger partial charge in [0.05, 0.1) is 34.4 Å². The average molecular weight is 635 g/mol. The number of carbonyl (C=O) groups excluding carboxylic acids is 2. The Kier molecular flexibility index (Phi) is 27.0. The standard InChI is InChI=1S/C37H63NO7/c1-6-8-10-12-14-15-16-17-18-19-20-22-24-26-28-36(40)45-33(31-43-30-29-34(37(41)42)38(3,4)5)32-44-35(39)27-25-23-21-13-11-9-7-2/h8,10,14-15,17-18,21,23,33-34H,6-7,9,11-13,16,19-20,22,24-32H2,1-5H3/p+1/b10-8+,15-14+,18-17+,23-21+. The quantitative estimate of drug-likeness (QED) is 0.0384. The van der Waals surface area contributed by atoms with Crippen molar-refractivity contribution in [3.8, 4) is 0 Å². The molecule has 2 atom stereocenters. The highest BCUT2D eigenvalue weighted by molar-refractivity contribution is 5.72. The van der Waals surface area contributed by atoms with Gasteiger partial charge in [0.2, 0.25) is 0 Å². The van der Waals surface area contributed by atoms with Gasteiger partial charge in [-0.25, -0.2) is 4.79 Å². The molecule has 0 aliphatic heterocycles. The van der Waals surface area contributed by atoms with Gasteiger partial charge in [0, 0.05) is 19.3 Å². The SMILES string of the molecule is CC/C=C/C/C=C/C/C=C/CCCCCCC(=O)OC(COCCC(C(=O)O)[N+](C)(C)C)COC(=O)CC/C=C/CCCCC. The molecule has 0 rings (SSSR count). The lowest BCUT2D eigenvalue weighted by Gasteiger charge is -2.31. The van der Waals surface area contributed by atoms with E-state index in [1.165, 1.54) is 12.8 Å². The molecule has 0 spiro atoms. The Labute approximate surface area is 274 Å². The number of nitrogens with zero attached hydrogens (tertiary/aromatic N) is 1. The van der Waals surface area contributed by atoms with Gasteiger partial charge in [0.15, 0.2) is 12.1 Å². The summed E-state index contributed by atoms with van der Waals surface area (Å²) in [4.78, 5) is 36.5. The first-order valence-corrected chi connectivity index (χ1v) is 17.2. The number of esters is 2. The van der Waals surface area contributed by atoms with Crippen molar-refractivity contribution in [3.05, 3.63) is 48.6 Å². The van der Waals surface area contributed by atoms with Crippen molar-refractivity contribution in [1.82, 2.24) is 0 Å². The number of carboxylic acids is 1. The summed E-state index contributed by atoms with van der Waals surface area (Å²) < 4.78 is 17.0. The molecule has 0 fully saturated rings. The molecular weight excluding hydrogens is 570 g/mol. The van der Waals surface area contributed by atoms with Gasteiger partial charge in [-0.1, -0.05) is 88.1 Å². The van der Waals surface area contributed by atoms with E-state index in [0.717, 1.165) is 64.2 Å². The predicted molar refractivity (Wildman–Crippen MR) is 183 cm³/mol. The highest BCUT2D eigenvalue weighted by atomic mass is 16.6. The molecule has 0 aliphatic rings. The molecule has 0 bridgehead atoms. The van der Waals surface area contributed by atoms with E-state index in [1.54, 1.807) is 0 Å². The summed E-state index contributed by atoms with van der Waals surface area (Å²) >= 11 is 0. The summed E-state index contributed by atoms with van der Waals surface area (Å²) in [6.07, 6.45) is 30.4. The first-order chi connectivity index (χ1) is 21.6. The molecule has 0 radical (unpaired) electrons. The second-order valence-corrected chi connectivity index (χ2v) is 12.4. The lowest BCUT2D eigenvalue weighted by atomic mass is 10.1. The summed E-state index contributed by atoms with van der Waals surface area (Å²) in [6.45, 7) is 4.45. The number of quaternary nitrogens is 1. The van der Waals surface area contributed by atoms with E-state index < -0.39 is 18.1 Å². The van der Waals surface area contributed by atoms with Crippen LogP contribution in [0, 0.1) is 0 Å². The third kappa shape index (κ3) is 27.3. The van der Waals surface area contributed by atoms with Gasteiger partial charge in [0.25, 0.3) is 0 Å². The summed E-state index contributed by atoms with van der Waals surface area (Å²) in [6, 6.07) is -0.621. The van der Waals surface area contributed by atoms with Crippen molar-refractivity contribution < 1.29 is 38.2 Å². The monoisotopic (exact) mass is 634 g/mol. The number of likely N-dealkylation sites (N-methyl/N-ethyl adjacent to an activating group) is 1. The van der Waals surface area contributed by atoms with Crippen LogP contribution in [0.15, 0.2) is 48.6 Å². The third-order valence-corrected chi connectivity index (χ3v) is 7.23. The maximum absolute atomic E-state index is 12.6. The van der Waals surface area contributed by atoms with E-state index in [0.29, 0.717) is 19.3 Å². The van der Waals surface area contributed by atoms with Crippen LogP contribution in [0.3, 0.4) is 0 Å². The number of hydrogen-bond donors (Lipinski definition) is 1. The second-order valence-electron chi connectivity index (χ2n) is 12.4. The largest absolute Gasteiger partial charge is 0.477 e. The van der Waals surface area contributed by atoms with Crippen LogP contribution in [-0.4, -0.2) is 80.6 Å². The lowest BCUT2D eigenvalue weighted by Crippen LogP contribution is -2.50. The van der Waals surface area contributed by atoms with E-state index in [1.807, 2.05) is 27.2 Å². The van der Waals surface area contributed by atoms with Crippen LogP contribution in [0.25, 0.3) is 0 Å². The molecule has 2 unspecified atom stereocenters. The highest BCUT2D eigenvalue weighted by Crippen LogP contribution is 2.11. The molecular formula is C37H64NO7+. The van der Waals surface area contributed by atoms with Crippen LogP contribution in [0.4, 0.5) is 0 Å². The Morgan fingerprint density at radius 1 is 0.689 bits per heavy atom. The van der Waals surface area contributed by atoms with E-state index in [2.05, 4.69) is 56.4 Å². The molecule has 8 heteroatoms. The van der Waals surface area contributed by atoms with Crippen LogP contribution >= 0.6 is 0 Å². The minimum Gasteiger partial charge on any atom is -0.477 e. The maximum atomic E-state index is 12.6. The zero-order valence-corrected chi connectivity index (χ0v) is 29.1. The first kappa shape index (κ1) is 42.3. The van der Waals surface area contributed by atoms with E-state index in [4.69, 9.17) is 14.2 Å². The van der Waals surface area contributed by atoms with Crippen molar-refractivity contribution in [2.75, 3.05) is 41.0 Å². The molecule has 45 heavy (non-hydrogen) atoms. The van der Waals surface area contributed by atoms with Crippen molar-refractivity contribution in [1.29, 1.82) is 0 Å². The van der Waals surface area contributed by atoms with Crippen LogP contribution in [-0.2, 0) is 28.6 Å². The molecule has 0 aromatic heterocycles. The average Bonchev–Trinajstić information content (AvgIpc) is 2.98. The van der Waals surface area contributed by atoms with Gasteiger partial charge < -0.3 is 23.8 Å². The normalized spacial score (nSPS) is 13.7. The first-order valence-electron chi connectivity index (χ1n) is 17.2. The predicted octanol–water partition coefficient (Wildman–Crippen LogP) is 8.12. The van der Waals surface area contributed by atoms with E-state index >= 15 is 0 Å². The third-order valence-electron chi connectivity index (χ3n) is 7.23. The molecule has 0 aromatic carbocycles. The Balaban J connectivity index is 4.53. The molecule has 1 N–H and O–H groups in total. The van der Waals surface area contributed by atoms with Crippen molar-refractivity contribution in [2.24, 2.45) is 0 Å². The molecule has 0 saturated carbocycles. The zero-order valence-electron chi connectivity index (χ0n) is 29.1. The number of hydrogen-bond acceptors (Lipinski definition) is 6. The number of allylic oxidation sites excluding steroid dienone is 8. The van der Waals surface area contributed by atoms with Crippen LogP contribution in [0.1, 0.15) is 117 Å². The fourth-order valence-corrected chi connectivity index (χ4v) is 4.53. The smallest absolute Gasteiger partial charge is 0.362 e. The van der Waals surface area contributed by atoms with Gasteiger partial charge in [-0.3, -0.25) is 9.59 Å². The van der Waals surface area contributed by atoms with Crippen LogP contribution in [0.2, 0.25) is 0 Å². The van der Waals surface area contributed by atoms with Crippen molar-refractivity contribution >= 4 is 17.9 Å². The van der Waals surface area contributed by atoms with Gasteiger partial charge in [-0.15, -0.1) is 0 Å². The molecule has 0 aromatic rings. The van der Waals surface area contributed by atoms with Gasteiger partial charge >= 0.3 is 17.9 Å². The molecule has 0 saturated heterocycles. The Bertz CT molecular complexity index is 886. The van der Waals surface area contributed by atoms with Gasteiger partial charge in [0.1, 0.15) is 6.61 Å². The van der Waals surface area contributed by atoms with Crippen LogP contribution < -0.4 is 0 Å². The minimum atomic E-state index is -0.887.